The average molecular weight is 322 g/mol. The molecule has 1 fully saturated rings. The number of carbonyl (C=O) groups excluding carboxylic acids is 1. The number of hydrogen-bond acceptors (Lipinski definition) is 5. The summed E-state index contributed by atoms with van der Waals surface area (Å²) in [6, 6.07) is 7.64. The van der Waals surface area contributed by atoms with Crippen molar-refractivity contribution in [1.82, 2.24) is 10.2 Å². The number of likely N-dealkylation sites (N-methyl/N-ethyl adjacent to an activating group) is 1. The third kappa shape index (κ3) is 5.20. The molecule has 1 heterocycles. The van der Waals surface area contributed by atoms with E-state index >= 15 is 0 Å². The van der Waals surface area contributed by atoms with Crippen molar-refractivity contribution in [3.63, 3.8) is 0 Å². The van der Waals surface area contributed by atoms with Crippen LogP contribution in [0.3, 0.4) is 0 Å². The highest BCUT2D eigenvalue weighted by Crippen LogP contribution is 2.17. The lowest BCUT2D eigenvalue weighted by atomic mass is 10.2. The maximum atomic E-state index is 12.1. The lowest BCUT2D eigenvalue weighted by Gasteiger charge is -2.18. The second kappa shape index (κ2) is 8.86. The first-order valence-corrected chi connectivity index (χ1v) is 7.85. The lowest BCUT2D eigenvalue weighted by molar-refractivity contribution is -0.125. The van der Waals surface area contributed by atoms with Crippen LogP contribution in [0.2, 0.25) is 0 Å². The molecule has 1 aliphatic heterocycles. The number of likely N-dealkylation sites (tertiary alicyclic amines) is 1. The van der Waals surface area contributed by atoms with Crippen LogP contribution >= 0.6 is 0 Å². The SMILES string of the molecule is COc1ccc(COCCNC(=O)[C@@H]2C[C@H](OC)CN2C)cc1. The molecule has 2 rings (SSSR count). The number of benzene rings is 1. The normalized spacial score (nSPS) is 21.3. The molecule has 23 heavy (non-hydrogen) atoms. The number of hydrogen-bond donors (Lipinski definition) is 1. The van der Waals surface area contributed by atoms with Crippen LogP contribution in [0.5, 0.6) is 5.75 Å². The Morgan fingerprint density at radius 1 is 1.30 bits per heavy atom. The van der Waals surface area contributed by atoms with Crippen LogP contribution in [-0.2, 0) is 20.9 Å². The van der Waals surface area contributed by atoms with E-state index in [4.69, 9.17) is 14.2 Å². The molecule has 1 N–H and O–H groups in total. The van der Waals surface area contributed by atoms with Crippen LogP contribution in [0.25, 0.3) is 0 Å². The van der Waals surface area contributed by atoms with Crippen molar-refractivity contribution < 1.29 is 19.0 Å². The Morgan fingerprint density at radius 3 is 2.65 bits per heavy atom. The van der Waals surface area contributed by atoms with Gasteiger partial charge in [-0.05, 0) is 31.2 Å². The average Bonchev–Trinajstić information content (AvgIpc) is 2.96. The second-order valence-corrected chi connectivity index (χ2v) is 5.74. The highest BCUT2D eigenvalue weighted by Gasteiger charge is 2.34. The van der Waals surface area contributed by atoms with Gasteiger partial charge in [0.05, 0.1) is 32.5 Å². The first-order valence-electron chi connectivity index (χ1n) is 7.85. The summed E-state index contributed by atoms with van der Waals surface area (Å²) in [5.41, 5.74) is 1.08. The number of nitrogens with one attached hydrogen (secondary N) is 1. The number of carbonyl (C=O) groups is 1. The van der Waals surface area contributed by atoms with Crippen molar-refractivity contribution in [1.29, 1.82) is 0 Å². The van der Waals surface area contributed by atoms with Crippen LogP contribution in [0.1, 0.15) is 12.0 Å². The Balaban J connectivity index is 1.62. The predicted molar refractivity (Wildman–Crippen MR) is 87.5 cm³/mol. The Morgan fingerprint density at radius 2 is 2.04 bits per heavy atom. The Bertz CT molecular complexity index is 492. The minimum atomic E-state index is -0.110. The minimum Gasteiger partial charge on any atom is -0.497 e. The molecule has 0 aliphatic carbocycles. The van der Waals surface area contributed by atoms with E-state index in [1.54, 1.807) is 14.2 Å². The predicted octanol–water partition coefficient (Wildman–Crippen LogP) is 1.05. The van der Waals surface area contributed by atoms with Crippen molar-refractivity contribution in [2.45, 2.75) is 25.2 Å². The van der Waals surface area contributed by atoms with Crippen LogP contribution in [0.15, 0.2) is 24.3 Å². The Hall–Kier alpha value is -1.63. The number of rotatable bonds is 8. The molecule has 6 heteroatoms. The topological polar surface area (TPSA) is 60.0 Å². The molecule has 6 nitrogen and oxygen atoms in total. The molecule has 1 amide bonds. The maximum absolute atomic E-state index is 12.1. The lowest BCUT2D eigenvalue weighted by Crippen LogP contribution is -2.42. The van der Waals surface area contributed by atoms with E-state index in [0.29, 0.717) is 19.8 Å². The molecular weight excluding hydrogens is 296 g/mol. The molecule has 1 saturated heterocycles. The van der Waals surface area contributed by atoms with Crippen molar-refractivity contribution in [2.75, 3.05) is 41.0 Å². The number of methoxy groups -OCH3 is 2. The van der Waals surface area contributed by atoms with Gasteiger partial charge < -0.3 is 19.5 Å². The quantitative estimate of drug-likeness (QED) is 0.725. The van der Waals surface area contributed by atoms with Crippen LogP contribution in [-0.4, -0.2) is 63.9 Å². The van der Waals surface area contributed by atoms with Gasteiger partial charge in [0.1, 0.15) is 5.75 Å². The number of nitrogens with zero attached hydrogens (tertiary/aromatic N) is 1. The molecule has 1 aromatic carbocycles. The van der Waals surface area contributed by atoms with Gasteiger partial charge in [-0.3, -0.25) is 9.69 Å². The number of ether oxygens (including phenoxy) is 3. The van der Waals surface area contributed by atoms with Gasteiger partial charge in [-0.15, -0.1) is 0 Å². The third-order valence-corrected chi connectivity index (χ3v) is 4.12. The molecule has 0 bridgehead atoms. The van der Waals surface area contributed by atoms with Crippen molar-refractivity contribution in [3.05, 3.63) is 29.8 Å². The molecule has 0 spiro atoms. The second-order valence-electron chi connectivity index (χ2n) is 5.74. The minimum absolute atomic E-state index is 0.0418. The van der Waals surface area contributed by atoms with Gasteiger partial charge in [0.2, 0.25) is 5.91 Å². The van der Waals surface area contributed by atoms with E-state index in [2.05, 4.69) is 5.32 Å². The molecule has 2 atom stereocenters. The molecule has 1 aromatic rings. The zero-order valence-electron chi connectivity index (χ0n) is 14.1. The zero-order valence-corrected chi connectivity index (χ0v) is 14.1. The summed E-state index contributed by atoms with van der Waals surface area (Å²) in [5.74, 6) is 0.871. The van der Waals surface area contributed by atoms with Crippen molar-refractivity contribution in [2.24, 2.45) is 0 Å². The van der Waals surface area contributed by atoms with Gasteiger partial charge in [0.15, 0.2) is 0 Å². The highest BCUT2D eigenvalue weighted by atomic mass is 16.5. The summed E-state index contributed by atoms with van der Waals surface area (Å²) in [4.78, 5) is 14.2. The van der Waals surface area contributed by atoms with Crippen molar-refractivity contribution >= 4 is 5.91 Å². The molecular formula is C17H26N2O4. The van der Waals surface area contributed by atoms with Crippen LogP contribution in [0.4, 0.5) is 0 Å². The fourth-order valence-electron chi connectivity index (χ4n) is 2.71. The summed E-state index contributed by atoms with van der Waals surface area (Å²) in [6.45, 7) is 2.32. The van der Waals surface area contributed by atoms with E-state index in [-0.39, 0.29) is 18.1 Å². The number of amides is 1. The summed E-state index contributed by atoms with van der Waals surface area (Å²) >= 11 is 0. The largest absolute Gasteiger partial charge is 0.497 e. The standard InChI is InChI=1S/C17H26N2O4/c1-19-11-15(22-3)10-16(19)17(20)18-8-9-23-12-13-4-6-14(21-2)7-5-13/h4-7,15-16H,8-12H2,1-3H3,(H,18,20)/t15-,16-/m0/s1. The van der Waals surface area contributed by atoms with Gasteiger partial charge >= 0.3 is 0 Å². The van der Waals surface area contributed by atoms with Gasteiger partial charge in [-0.1, -0.05) is 12.1 Å². The molecule has 0 aromatic heterocycles. The first kappa shape index (κ1) is 17.7. The summed E-state index contributed by atoms with van der Waals surface area (Å²) in [7, 11) is 5.28. The Kier molecular flexibility index (Phi) is 6.83. The van der Waals surface area contributed by atoms with Gasteiger partial charge in [0.25, 0.3) is 0 Å². The molecule has 128 valence electrons. The summed E-state index contributed by atoms with van der Waals surface area (Å²) in [5, 5.41) is 2.92. The zero-order chi connectivity index (χ0) is 16.7. The highest BCUT2D eigenvalue weighted by molar-refractivity contribution is 5.82. The summed E-state index contributed by atoms with van der Waals surface area (Å²) in [6.07, 6.45) is 0.882. The smallest absolute Gasteiger partial charge is 0.237 e. The van der Waals surface area contributed by atoms with E-state index in [1.165, 1.54) is 0 Å². The van der Waals surface area contributed by atoms with Crippen LogP contribution in [0, 0.1) is 0 Å². The molecule has 0 radical (unpaired) electrons. The van der Waals surface area contributed by atoms with Gasteiger partial charge in [-0.2, -0.15) is 0 Å². The van der Waals surface area contributed by atoms with E-state index in [9.17, 15) is 4.79 Å². The monoisotopic (exact) mass is 322 g/mol. The molecule has 0 saturated carbocycles. The fraction of sp³-hybridized carbons (Fsp3) is 0.588. The van der Waals surface area contributed by atoms with Gasteiger partial charge in [0, 0.05) is 20.2 Å². The Labute approximate surface area is 137 Å². The maximum Gasteiger partial charge on any atom is 0.237 e. The van der Waals surface area contributed by atoms with Crippen molar-refractivity contribution in [3.8, 4) is 5.75 Å². The molecule has 1 aliphatic rings. The van der Waals surface area contributed by atoms with E-state index < -0.39 is 0 Å². The third-order valence-electron chi connectivity index (χ3n) is 4.12. The van der Waals surface area contributed by atoms with E-state index in [0.717, 1.165) is 24.3 Å². The fourth-order valence-corrected chi connectivity index (χ4v) is 2.71. The van der Waals surface area contributed by atoms with Gasteiger partial charge in [-0.25, -0.2) is 0 Å². The van der Waals surface area contributed by atoms with E-state index in [1.807, 2.05) is 36.2 Å². The summed E-state index contributed by atoms with van der Waals surface area (Å²) < 4.78 is 16.0. The molecule has 0 unspecified atom stereocenters. The first-order chi connectivity index (χ1) is 11.1. The van der Waals surface area contributed by atoms with Crippen LogP contribution < -0.4 is 10.1 Å².